The van der Waals surface area contributed by atoms with E-state index in [1.807, 2.05) is 0 Å². The van der Waals surface area contributed by atoms with Gasteiger partial charge in [-0.2, -0.15) is 4.21 Å². The summed E-state index contributed by atoms with van der Waals surface area (Å²) in [7, 11) is 0. The number of rotatable bonds is 10. The Morgan fingerprint density at radius 1 is 0.781 bits per heavy atom. The normalized spacial score (nSPS) is 20.2. The van der Waals surface area contributed by atoms with Crippen molar-refractivity contribution in [2.45, 2.75) is 42.8 Å². The first-order valence-electron chi connectivity index (χ1n) is 9.33. The van der Waals surface area contributed by atoms with Crippen LogP contribution in [0, 0.1) is 20.2 Å². The minimum atomic E-state index is -2.08. The molecule has 1 aliphatic rings. The van der Waals surface area contributed by atoms with Crippen LogP contribution in [-0.2, 0) is 35.8 Å². The molecule has 2 aromatic rings. The van der Waals surface area contributed by atoms with E-state index in [0.29, 0.717) is 25.7 Å². The molecule has 2 aromatic carbocycles. The van der Waals surface area contributed by atoms with Gasteiger partial charge < -0.3 is 4.18 Å². The second kappa shape index (κ2) is 11.2. The molecule has 0 aliphatic heterocycles. The SMILES string of the molecule is O=[N+]([O-])c1ccc(OS(=O)OC2CCC(OOS(=O)c3ccc([N+](=O)[O-])cc3)CC2)cc1. The molecule has 3 rings (SSSR count). The van der Waals surface area contributed by atoms with Crippen LogP contribution >= 0.6 is 0 Å². The number of nitro groups is 2. The second-order valence-corrected chi connectivity index (χ2v) is 8.53. The summed E-state index contributed by atoms with van der Waals surface area (Å²) in [5, 5.41) is 21.3. The Labute approximate surface area is 187 Å². The lowest BCUT2D eigenvalue weighted by Crippen LogP contribution is -2.28. The van der Waals surface area contributed by atoms with Gasteiger partial charge in [0.15, 0.2) is 0 Å². The van der Waals surface area contributed by atoms with E-state index in [0.717, 1.165) is 0 Å². The third-order valence-electron chi connectivity index (χ3n) is 4.52. The summed E-state index contributed by atoms with van der Waals surface area (Å²) in [6.45, 7) is 0. The summed E-state index contributed by atoms with van der Waals surface area (Å²) in [5.74, 6) is 0.174. The first-order valence-corrected chi connectivity index (χ1v) is 11.4. The predicted molar refractivity (Wildman–Crippen MR) is 111 cm³/mol. The second-order valence-electron chi connectivity index (χ2n) is 6.68. The number of hydrogen-bond donors (Lipinski definition) is 0. The van der Waals surface area contributed by atoms with Gasteiger partial charge >= 0.3 is 11.4 Å². The Hall–Kier alpha value is -2.78. The molecule has 1 fully saturated rings. The zero-order chi connectivity index (χ0) is 23.1. The fourth-order valence-electron chi connectivity index (χ4n) is 2.87. The summed E-state index contributed by atoms with van der Waals surface area (Å²) in [5.41, 5.74) is -0.237. The maximum Gasteiger partial charge on any atom is 0.360 e. The molecule has 0 amide bonds. The molecule has 0 N–H and O–H groups in total. The molecule has 0 spiro atoms. The Morgan fingerprint density at radius 3 is 1.81 bits per heavy atom. The number of nitro benzene ring substituents is 2. The molecule has 172 valence electrons. The average molecular weight is 486 g/mol. The molecule has 1 aliphatic carbocycles. The van der Waals surface area contributed by atoms with E-state index in [-0.39, 0.29) is 34.2 Å². The van der Waals surface area contributed by atoms with E-state index in [1.165, 1.54) is 48.5 Å². The van der Waals surface area contributed by atoms with Crippen molar-refractivity contribution in [3.8, 4) is 5.75 Å². The van der Waals surface area contributed by atoms with Crippen LogP contribution in [0.1, 0.15) is 25.7 Å². The van der Waals surface area contributed by atoms with E-state index in [9.17, 15) is 28.6 Å². The third kappa shape index (κ3) is 6.86. The lowest BCUT2D eigenvalue weighted by Gasteiger charge is -2.26. The lowest BCUT2D eigenvalue weighted by atomic mass is 9.95. The van der Waals surface area contributed by atoms with Crippen molar-refractivity contribution >= 4 is 33.8 Å². The fourth-order valence-corrected chi connectivity index (χ4v) is 4.21. The van der Waals surface area contributed by atoms with Gasteiger partial charge in [-0.3, -0.25) is 24.4 Å². The summed E-state index contributed by atoms with van der Waals surface area (Å²) < 4.78 is 39.5. The van der Waals surface area contributed by atoms with Crippen molar-refractivity contribution in [3.63, 3.8) is 0 Å². The van der Waals surface area contributed by atoms with Gasteiger partial charge in [0.05, 0.1) is 27.0 Å². The maximum absolute atomic E-state index is 12.1. The maximum atomic E-state index is 12.1. The van der Waals surface area contributed by atoms with Gasteiger partial charge in [-0.05, 0) is 49.9 Å². The molecule has 2 unspecified atom stereocenters. The fraction of sp³-hybridized carbons (Fsp3) is 0.333. The van der Waals surface area contributed by atoms with Crippen LogP contribution in [0.2, 0.25) is 0 Å². The molecular formula is C18H18N2O10S2. The Morgan fingerprint density at radius 2 is 1.28 bits per heavy atom. The lowest BCUT2D eigenvalue weighted by molar-refractivity contribution is -0.385. The van der Waals surface area contributed by atoms with E-state index in [4.69, 9.17) is 17.6 Å². The monoisotopic (exact) mass is 486 g/mol. The van der Waals surface area contributed by atoms with E-state index in [2.05, 4.69) is 0 Å². The van der Waals surface area contributed by atoms with Crippen molar-refractivity contribution < 1.29 is 35.9 Å². The highest BCUT2D eigenvalue weighted by Gasteiger charge is 2.26. The van der Waals surface area contributed by atoms with E-state index >= 15 is 0 Å². The first kappa shape index (κ1) is 23.9. The van der Waals surface area contributed by atoms with Crippen LogP contribution in [0.4, 0.5) is 11.4 Å². The van der Waals surface area contributed by atoms with Crippen LogP contribution in [-0.4, -0.2) is 30.5 Å². The largest absolute Gasteiger partial charge is 0.380 e. The summed E-state index contributed by atoms with van der Waals surface area (Å²) in [6, 6.07) is 10.2. The number of non-ortho nitro benzene ring substituents is 2. The topological polar surface area (TPSA) is 157 Å². The van der Waals surface area contributed by atoms with Gasteiger partial charge in [-0.15, -0.1) is 4.33 Å². The minimum Gasteiger partial charge on any atom is -0.380 e. The van der Waals surface area contributed by atoms with Crippen molar-refractivity contribution in [2.75, 3.05) is 0 Å². The standard InChI is InChI=1S/C18H18N2O10S2/c21-19(22)13-1-5-16(6-2-13)28-32(26)29-17-9-7-15(8-10-17)27-30-31(25)18-11-3-14(4-12-18)20(23)24/h1-6,11-12,15,17H,7-10H2. The van der Waals surface area contributed by atoms with E-state index in [1.54, 1.807) is 0 Å². The quantitative estimate of drug-likeness (QED) is 0.277. The van der Waals surface area contributed by atoms with Crippen molar-refractivity contribution in [2.24, 2.45) is 0 Å². The number of hydrogen-bond acceptors (Lipinski definition) is 10. The van der Waals surface area contributed by atoms with Crippen LogP contribution in [0.15, 0.2) is 53.4 Å². The molecule has 1 saturated carbocycles. The van der Waals surface area contributed by atoms with Crippen molar-refractivity contribution in [1.29, 1.82) is 0 Å². The Bertz CT molecular complexity index is 992. The molecule has 0 radical (unpaired) electrons. The molecule has 32 heavy (non-hydrogen) atoms. The Kier molecular flexibility index (Phi) is 8.35. The average Bonchev–Trinajstić information content (AvgIpc) is 2.78. The van der Waals surface area contributed by atoms with Gasteiger partial charge in [-0.25, -0.2) is 9.10 Å². The van der Waals surface area contributed by atoms with Gasteiger partial charge in [0, 0.05) is 24.3 Å². The zero-order valence-electron chi connectivity index (χ0n) is 16.4. The van der Waals surface area contributed by atoms with Gasteiger partial charge in [0.25, 0.3) is 11.4 Å². The van der Waals surface area contributed by atoms with Crippen LogP contribution in [0.5, 0.6) is 5.75 Å². The van der Waals surface area contributed by atoms with Crippen LogP contribution in [0.3, 0.4) is 0 Å². The van der Waals surface area contributed by atoms with Gasteiger partial charge in [-0.1, -0.05) is 0 Å². The highest BCUT2D eigenvalue weighted by atomic mass is 32.2. The smallest absolute Gasteiger partial charge is 0.360 e. The summed E-state index contributed by atoms with van der Waals surface area (Å²) >= 11 is -4.02. The minimum absolute atomic E-state index is 0.112. The molecule has 0 heterocycles. The summed E-state index contributed by atoms with van der Waals surface area (Å²) in [4.78, 5) is 25.6. The highest BCUT2D eigenvalue weighted by molar-refractivity contribution is 7.80. The zero-order valence-corrected chi connectivity index (χ0v) is 18.0. The van der Waals surface area contributed by atoms with Crippen LogP contribution < -0.4 is 4.18 Å². The molecule has 0 bridgehead atoms. The van der Waals surface area contributed by atoms with Gasteiger partial charge in [0.2, 0.25) is 11.1 Å². The molecule has 12 nitrogen and oxygen atoms in total. The van der Waals surface area contributed by atoms with E-state index < -0.39 is 32.3 Å². The van der Waals surface area contributed by atoms with Crippen molar-refractivity contribution in [1.82, 2.24) is 0 Å². The molecule has 2 atom stereocenters. The van der Waals surface area contributed by atoms with Gasteiger partial charge in [0.1, 0.15) is 5.75 Å². The molecule has 0 saturated heterocycles. The third-order valence-corrected chi connectivity index (χ3v) is 6.14. The summed E-state index contributed by atoms with van der Waals surface area (Å²) in [6.07, 6.45) is 1.28. The van der Waals surface area contributed by atoms with Crippen molar-refractivity contribution in [3.05, 3.63) is 68.8 Å². The molecular weight excluding hydrogens is 468 g/mol. The Balaban J connectivity index is 1.38. The number of benzene rings is 2. The van der Waals surface area contributed by atoms with Crippen LogP contribution in [0.25, 0.3) is 0 Å². The molecule has 14 heteroatoms. The molecule has 0 aromatic heterocycles. The first-order chi connectivity index (χ1) is 15.3. The number of nitrogens with zero attached hydrogens (tertiary/aromatic N) is 2. The predicted octanol–water partition coefficient (Wildman–Crippen LogP) is 3.46. The highest BCUT2D eigenvalue weighted by Crippen LogP contribution is 2.26.